The van der Waals surface area contributed by atoms with Crippen molar-refractivity contribution in [3.05, 3.63) is 48.5 Å². The third kappa shape index (κ3) is 2.11. The predicted octanol–water partition coefficient (Wildman–Crippen LogP) is 3.16. The maximum Gasteiger partial charge on any atom is 0.308 e. The summed E-state index contributed by atoms with van der Waals surface area (Å²) in [6.45, 7) is 1.34. The van der Waals surface area contributed by atoms with Gasteiger partial charge in [0.25, 0.3) is 0 Å². The van der Waals surface area contributed by atoms with Gasteiger partial charge in [0.05, 0.1) is 4.90 Å². The number of carbonyl (C=O) groups excluding carboxylic acids is 1. The Labute approximate surface area is 138 Å². The standard InChI is InChI=1S/C18H13NO4S/c1-10(20)23-15-8-4-11-2-3-12-5-9-16(24(19,21)22)14-7-6-13(15)17(11)18(12)14/h2-9H,1H3,(H2,19,21,22). The zero-order chi connectivity index (χ0) is 17.1. The van der Waals surface area contributed by atoms with Crippen LogP contribution in [0.15, 0.2) is 53.4 Å². The minimum Gasteiger partial charge on any atom is -0.426 e. The van der Waals surface area contributed by atoms with Crippen molar-refractivity contribution in [1.82, 2.24) is 0 Å². The summed E-state index contributed by atoms with van der Waals surface area (Å²) in [4.78, 5) is 11.4. The Kier molecular flexibility index (Phi) is 3.03. The molecule has 4 rings (SSSR count). The van der Waals surface area contributed by atoms with Gasteiger partial charge in [-0.3, -0.25) is 4.79 Å². The number of primary sulfonamides is 1. The molecule has 0 amide bonds. The smallest absolute Gasteiger partial charge is 0.308 e. The lowest BCUT2D eigenvalue weighted by Crippen LogP contribution is -2.12. The van der Waals surface area contributed by atoms with Gasteiger partial charge in [-0.15, -0.1) is 0 Å². The van der Waals surface area contributed by atoms with Gasteiger partial charge >= 0.3 is 5.97 Å². The van der Waals surface area contributed by atoms with Crippen LogP contribution in [-0.4, -0.2) is 14.4 Å². The van der Waals surface area contributed by atoms with Gasteiger partial charge in [-0.1, -0.05) is 30.3 Å². The summed E-state index contributed by atoms with van der Waals surface area (Å²) < 4.78 is 29.1. The van der Waals surface area contributed by atoms with Crippen molar-refractivity contribution in [2.45, 2.75) is 11.8 Å². The fourth-order valence-electron chi connectivity index (χ4n) is 3.24. The molecular weight excluding hydrogens is 326 g/mol. The van der Waals surface area contributed by atoms with Gasteiger partial charge in [0.2, 0.25) is 10.0 Å². The third-order valence-electron chi connectivity index (χ3n) is 4.14. The van der Waals surface area contributed by atoms with E-state index in [2.05, 4.69) is 0 Å². The first kappa shape index (κ1) is 14.9. The van der Waals surface area contributed by atoms with Crippen LogP contribution in [0.3, 0.4) is 0 Å². The zero-order valence-corrected chi connectivity index (χ0v) is 13.6. The van der Waals surface area contributed by atoms with Crippen LogP contribution in [0.2, 0.25) is 0 Å². The summed E-state index contributed by atoms with van der Waals surface area (Å²) in [6.07, 6.45) is 0. The van der Waals surface area contributed by atoms with Gasteiger partial charge in [0, 0.05) is 23.1 Å². The number of sulfonamides is 1. The molecule has 0 atom stereocenters. The zero-order valence-electron chi connectivity index (χ0n) is 12.7. The molecule has 0 aliphatic rings. The number of benzene rings is 4. The second kappa shape index (κ2) is 4.90. The summed E-state index contributed by atoms with van der Waals surface area (Å²) in [5.41, 5.74) is 0. The number of ether oxygens (including phenoxy) is 1. The van der Waals surface area contributed by atoms with E-state index >= 15 is 0 Å². The van der Waals surface area contributed by atoms with Crippen LogP contribution in [-0.2, 0) is 14.8 Å². The molecule has 0 saturated heterocycles. The average molecular weight is 339 g/mol. The highest BCUT2D eigenvalue weighted by atomic mass is 32.2. The molecule has 0 heterocycles. The van der Waals surface area contributed by atoms with E-state index < -0.39 is 16.0 Å². The molecule has 5 nitrogen and oxygen atoms in total. The van der Waals surface area contributed by atoms with Crippen LogP contribution in [0, 0.1) is 0 Å². The number of carbonyl (C=O) groups is 1. The monoisotopic (exact) mass is 339 g/mol. The van der Waals surface area contributed by atoms with Gasteiger partial charge < -0.3 is 4.74 Å². The van der Waals surface area contributed by atoms with E-state index in [1.54, 1.807) is 24.3 Å². The summed E-state index contributed by atoms with van der Waals surface area (Å²) in [6, 6.07) is 14.2. The van der Waals surface area contributed by atoms with E-state index in [1.165, 1.54) is 13.0 Å². The molecule has 4 aromatic carbocycles. The molecule has 0 bridgehead atoms. The topological polar surface area (TPSA) is 86.5 Å². The van der Waals surface area contributed by atoms with Crippen molar-refractivity contribution in [2.75, 3.05) is 0 Å². The van der Waals surface area contributed by atoms with E-state index in [-0.39, 0.29) is 4.90 Å². The predicted molar refractivity (Wildman–Crippen MR) is 92.8 cm³/mol. The van der Waals surface area contributed by atoms with Crippen LogP contribution >= 0.6 is 0 Å². The van der Waals surface area contributed by atoms with Crippen LogP contribution < -0.4 is 9.88 Å². The highest BCUT2D eigenvalue weighted by Gasteiger charge is 2.18. The summed E-state index contributed by atoms with van der Waals surface area (Å²) >= 11 is 0. The number of hydrogen-bond acceptors (Lipinski definition) is 4. The number of esters is 1. The largest absolute Gasteiger partial charge is 0.426 e. The molecule has 0 fully saturated rings. The third-order valence-corrected chi connectivity index (χ3v) is 5.11. The fraction of sp³-hybridized carbons (Fsp3) is 0.0556. The summed E-state index contributed by atoms with van der Waals surface area (Å²) in [5.74, 6) is 0.0423. The van der Waals surface area contributed by atoms with Crippen molar-refractivity contribution >= 4 is 48.3 Å². The van der Waals surface area contributed by atoms with Crippen molar-refractivity contribution in [3.63, 3.8) is 0 Å². The summed E-state index contributed by atoms with van der Waals surface area (Å²) in [7, 11) is -3.84. The molecule has 120 valence electrons. The van der Waals surface area contributed by atoms with Crippen LogP contribution in [0.4, 0.5) is 0 Å². The number of rotatable bonds is 2. The molecule has 0 aliphatic carbocycles. The average Bonchev–Trinajstić information content (AvgIpc) is 2.52. The second-order valence-electron chi connectivity index (χ2n) is 5.69. The van der Waals surface area contributed by atoms with E-state index in [9.17, 15) is 13.2 Å². The van der Waals surface area contributed by atoms with Crippen LogP contribution in [0.25, 0.3) is 32.3 Å². The second-order valence-corrected chi connectivity index (χ2v) is 7.22. The Morgan fingerprint density at radius 2 is 1.42 bits per heavy atom. The fourth-order valence-corrected chi connectivity index (χ4v) is 3.97. The molecule has 2 N–H and O–H groups in total. The minimum atomic E-state index is -3.84. The molecule has 0 aromatic heterocycles. The van der Waals surface area contributed by atoms with E-state index in [1.807, 2.05) is 18.2 Å². The van der Waals surface area contributed by atoms with E-state index in [0.717, 1.165) is 26.9 Å². The molecule has 0 radical (unpaired) electrons. The first-order valence-corrected chi connectivity index (χ1v) is 8.82. The first-order valence-electron chi connectivity index (χ1n) is 7.28. The lowest BCUT2D eigenvalue weighted by molar-refractivity contribution is -0.131. The van der Waals surface area contributed by atoms with Crippen molar-refractivity contribution in [2.24, 2.45) is 5.14 Å². The number of hydrogen-bond donors (Lipinski definition) is 1. The van der Waals surface area contributed by atoms with Gasteiger partial charge in [-0.2, -0.15) is 0 Å². The van der Waals surface area contributed by atoms with E-state index in [0.29, 0.717) is 11.1 Å². The lowest BCUT2D eigenvalue weighted by atomic mass is 9.94. The maximum absolute atomic E-state index is 11.9. The quantitative estimate of drug-likeness (QED) is 0.345. The van der Waals surface area contributed by atoms with Crippen LogP contribution in [0.5, 0.6) is 5.75 Å². The maximum atomic E-state index is 11.9. The Balaban J connectivity index is 2.24. The van der Waals surface area contributed by atoms with Crippen molar-refractivity contribution in [1.29, 1.82) is 0 Å². The van der Waals surface area contributed by atoms with Gasteiger partial charge in [0.1, 0.15) is 5.75 Å². The Morgan fingerprint density at radius 3 is 2.04 bits per heavy atom. The minimum absolute atomic E-state index is 0.0855. The highest BCUT2D eigenvalue weighted by molar-refractivity contribution is 7.89. The first-order chi connectivity index (χ1) is 11.4. The van der Waals surface area contributed by atoms with Gasteiger partial charge in [0.15, 0.2) is 0 Å². The van der Waals surface area contributed by atoms with Gasteiger partial charge in [-0.05, 0) is 34.4 Å². The number of nitrogens with two attached hydrogens (primary N) is 1. The SMILES string of the molecule is CC(=O)Oc1ccc2ccc3ccc(S(N)(=O)=O)c4ccc1c2c34. The molecule has 4 aromatic rings. The van der Waals surface area contributed by atoms with Crippen molar-refractivity contribution < 1.29 is 17.9 Å². The molecule has 0 unspecified atom stereocenters. The normalized spacial score (nSPS) is 12.2. The van der Waals surface area contributed by atoms with E-state index in [4.69, 9.17) is 9.88 Å². The summed E-state index contributed by atoms with van der Waals surface area (Å²) in [5, 5.41) is 10.2. The lowest BCUT2D eigenvalue weighted by Gasteiger charge is -2.15. The molecular formula is C18H13NO4S. The Bertz CT molecular complexity index is 1230. The molecule has 0 spiro atoms. The van der Waals surface area contributed by atoms with Crippen molar-refractivity contribution in [3.8, 4) is 5.75 Å². The Hall–Kier alpha value is -2.70. The van der Waals surface area contributed by atoms with Gasteiger partial charge in [-0.25, -0.2) is 13.6 Å². The molecule has 0 aliphatic heterocycles. The van der Waals surface area contributed by atoms with Crippen LogP contribution in [0.1, 0.15) is 6.92 Å². The Morgan fingerprint density at radius 1 is 0.875 bits per heavy atom. The molecule has 6 heteroatoms. The molecule has 24 heavy (non-hydrogen) atoms. The molecule has 0 saturated carbocycles. The highest BCUT2D eigenvalue weighted by Crippen LogP contribution is 2.40.